The fourth-order valence-corrected chi connectivity index (χ4v) is 2.00. The third kappa shape index (κ3) is 2.76. The molecule has 1 aliphatic heterocycles. The lowest BCUT2D eigenvalue weighted by Crippen LogP contribution is -2.53. The van der Waals surface area contributed by atoms with E-state index in [4.69, 9.17) is 15.7 Å². The standard InChI is InChI=1S/C12H21N3O2/c1-9(2)15(6-4-5-13)11(16)12(3)8-17-7-10(12)14/h9-10H,4,6-8,14H2,1-3H3. The van der Waals surface area contributed by atoms with Crippen molar-refractivity contribution in [2.75, 3.05) is 19.8 Å². The minimum Gasteiger partial charge on any atom is -0.379 e. The number of carbonyl (C=O) groups excluding carboxylic acids is 1. The lowest BCUT2D eigenvalue weighted by molar-refractivity contribution is -0.143. The van der Waals surface area contributed by atoms with E-state index in [1.54, 1.807) is 4.90 Å². The molecule has 0 radical (unpaired) electrons. The summed E-state index contributed by atoms with van der Waals surface area (Å²) < 4.78 is 5.29. The highest BCUT2D eigenvalue weighted by Gasteiger charge is 2.46. The fraction of sp³-hybridized carbons (Fsp3) is 0.833. The van der Waals surface area contributed by atoms with E-state index in [9.17, 15) is 4.79 Å². The Kier molecular flexibility index (Phi) is 4.49. The number of ether oxygens (including phenoxy) is 1. The van der Waals surface area contributed by atoms with Crippen LogP contribution in [0, 0.1) is 16.7 Å². The van der Waals surface area contributed by atoms with Crippen LogP contribution >= 0.6 is 0 Å². The van der Waals surface area contributed by atoms with Gasteiger partial charge in [-0.15, -0.1) is 0 Å². The highest BCUT2D eigenvalue weighted by Crippen LogP contribution is 2.30. The van der Waals surface area contributed by atoms with Crippen LogP contribution in [0.15, 0.2) is 0 Å². The van der Waals surface area contributed by atoms with Gasteiger partial charge in [-0.25, -0.2) is 0 Å². The molecule has 5 heteroatoms. The Labute approximate surface area is 103 Å². The van der Waals surface area contributed by atoms with Gasteiger partial charge in [0, 0.05) is 18.6 Å². The summed E-state index contributed by atoms with van der Waals surface area (Å²) in [6.07, 6.45) is 0.343. The molecule has 0 spiro atoms. The van der Waals surface area contributed by atoms with E-state index in [1.165, 1.54) is 0 Å². The molecule has 0 saturated carbocycles. The predicted octanol–water partition coefficient (Wildman–Crippen LogP) is 0.501. The average Bonchev–Trinajstić information content (AvgIpc) is 2.60. The first-order chi connectivity index (χ1) is 7.93. The SMILES string of the molecule is CC(C)N(CCC#N)C(=O)C1(C)COCC1N. The smallest absolute Gasteiger partial charge is 0.232 e. The van der Waals surface area contributed by atoms with Crippen LogP contribution in [0.3, 0.4) is 0 Å². The zero-order valence-electron chi connectivity index (χ0n) is 10.8. The Morgan fingerprint density at radius 1 is 1.71 bits per heavy atom. The second-order valence-corrected chi connectivity index (χ2v) is 5.04. The number of carbonyl (C=O) groups is 1. The summed E-state index contributed by atoms with van der Waals surface area (Å²) >= 11 is 0. The second-order valence-electron chi connectivity index (χ2n) is 5.04. The number of amides is 1. The van der Waals surface area contributed by atoms with Crippen LogP contribution in [0.25, 0.3) is 0 Å². The maximum atomic E-state index is 12.5. The van der Waals surface area contributed by atoms with E-state index in [0.29, 0.717) is 26.2 Å². The Morgan fingerprint density at radius 2 is 2.35 bits per heavy atom. The molecule has 1 saturated heterocycles. The van der Waals surface area contributed by atoms with Crippen molar-refractivity contribution in [1.82, 2.24) is 4.90 Å². The van der Waals surface area contributed by atoms with Gasteiger partial charge in [0.05, 0.1) is 31.1 Å². The lowest BCUT2D eigenvalue weighted by Gasteiger charge is -2.35. The van der Waals surface area contributed by atoms with Crippen molar-refractivity contribution in [3.63, 3.8) is 0 Å². The molecule has 1 rings (SSSR count). The molecule has 1 fully saturated rings. The third-order valence-corrected chi connectivity index (χ3v) is 3.35. The van der Waals surface area contributed by atoms with Gasteiger partial charge in [0.2, 0.25) is 5.91 Å². The molecular weight excluding hydrogens is 218 g/mol. The van der Waals surface area contributed by atoms with E-state index in [2.05, 4.69) is 6.07 Å². The van der Waals surface area contributed by atoms with E-state index >= 15 is 0 Å². The first kappa shape index (κ1) is 13.9. The van der Waals surface area contributed by atoms with Crippen molar-refractivity contribution in [3.8, 4) is 6.07 Å². The number of nitrogens with zero attached hydrogens (tertiary/aromatic N) is 2. The van der Waals surface area contributed by atoms with Crippen LogP contribution in [0.1, 0.15) is 27.2 Å². The maximum absolute atomic E-state index is 12.5. The minimum atomic E-state index is -0.653. The first-order valence-corrected chi connectivity index (χ1v) is 5.95. The molecule has 2 atom stereocenters. The highest BCUT2D eigenvalue weighted by molar-refractivity contribution is 5.84. The maximum Gasteiger partial charge on any atom is 0.232 e. The molecule has 1 heterocycles. The van der Waals surface area contributed by atoms with E-state index in [1.807, 2.05) is 20.8 Å². The molecule has 0 bridgehead atoms. The molecule has 2 N–H and O–H groups in total. The van der Waals surface area contributed by atoms with Crippen LogP contribution < -0.4 is 5.73 Å². The lowest BCUT2D eigenvalue weighted by atomic mass is 9.84. The number of nitriles is 1. The normalized spacial score (nSPS) is 28.1. The van der Waals surface area contributed by atoms with Crippen molar-refractivity contribution >= 4 is 5.91 Å². The summed E-state index contributed by atoms with van der Waals surface area (Å²) in [6, 6.07) is 1.87. The number of hydrogen-bond donors (Lipinski definition) is 1. The second kappa shape index (κ2) is 5.48. The van der Waals surface area contributed by atoms with Gasteiger partial charge in [0.1, 0.15) is 0 Å². The van der Waals surface area contributed by atoms with Crippen LogP contribution in [-0.4, -0.2) is 42.6 Å². The molecule has 17 heavy (non-hydrogen) atoms. The van der Waals surface area contributed by atoms with Crippen molar-refractivity contribution in [2.45, 2.75) is 39.3 Å². The van der Waals surface area contributed by atoms with Gasteiger partial charge in [-0.05, 0) is 20.8 Å². The molecule has 1 amide bonds. The largest absolute Gasteiger partial charge is 0.379 e. The molecule has 0 aromatic rings. The van der Waals surface area contributed by atoms with Gasteiger partial charge in [-0.2, -0.15) is 5.26 Å². The first-order valence-electron chi connectivity index (χ1n) is 5.95. The molecule has 1 aliphatic rings. The predicted molar refractivity (Wildman–Crippen MR) is 64.0 cm³/mol. The van der Waals surface area contributed by atoms with Crippen molar-refractivity contribution in [3.05, 3.63) is 0 Å². The van der Waals surface area contributed by atoms with Gasteiger partial charge in [-0.3, -0.25) is 4.79 Å². The van der Waals surface area contributed by atoms with Gasteiger partial charge in [0.15, 0.2) is 0 Å². The number of nitrogens with two attached hydrogens (primary N) is 1. The average molecular weight is 239 g/mol. The Bertz CT molecular complexity index is 324. The van der Waals surface area contributed by atoms with Crippen LogP contribution in [-0.2, 0) is 9.53 Å². The topological polar surface area (TPSA) is 79.3 Å². The van der Waals surface area contributed by atoms with Crippen molar-refractivity contribution in [2.24, 2.45) is 11.1 Å². The fourth-order valence-electron chi connectivity index (χ4n) is 2.00. The Morgan fingerprint density at radius 3 is 2.76 bits per heavy atom. The van der Waals surface area contributed by atoms with Gasteiger partial charge in [0.25, 0.3) is 0 Å². The van der Waals surface area contributed by atoms with E-state index in [0.717, 1.165) is 0 Å². The van der Waals surface area contributed by atoms with E-state index < -0.39 is 5.41 Å². The molecule has 5 nitrogen and oxygen atoms in total. The Balaban J connectivity index is 2.81. The summed E-state index contributed by atoms with van der Waals surface area (Å²) in [7, 11) is 0. The third-order valence-electron chi connectivity index (χ3n) is 3.35. The quantitative estimate of drug-likeness (QED) is 0.774. The monoisotopic (exact) mass is 239 g/mol. The summed E-state index contributed by atoms with van der Waals surface area (Å²) in [4.78, 5) is 14.2. The van der Waals surface area contributed by atoms with Gasteiger partial charge < -0.3 is 15.4 Å². The van der Waals surface area contributed by atoms with Gasteiger partial charge in [-0.1, -0.05) is 0 Å². The molecule has 2 unspecified atom stereocenters. The zero-order chi connectivity index (χ0) is 13.1. The molecular formula is C12H21N3O2. The van der Waals surface area contributed by atoms with E-state index in [-0.39, 0.29) is 18.0 Å². The number of hydrogen-bond acceptors (Lipinski definition) is 4. The van der Waals surface area contributed by atoms with Crippen molar-refractivity contribution < 1.29 is 9.53 Å². The molecule has 96 valence electrons. The summed E-state index contributed by atoms with van der Waals surface area (Å²) in [5, 5.41) is 8.62. The number of rotatable bonds is 4. The summed E-state index contributed by atoms with van der Waals surface area (Å²) in [6.45, 7) is 6.97. The summed E-state index contributed by atoms with van der Waals surface area (Å²) in [5.41, 5.74) is 5.29. The zero-order valence-corrected chi connectivity index (χ0v) is 10.8. The minimum absolute atomic E-state index is 0.00671. The molecule has 0 aromatic heterocycles. The summed E-state index contributed by atoms with van der Waals surface area (Å²) in [5.74, 6) is -0.00671. The van der Waals surface area contributed by atoms with Gasteiger partial charge >= 0.3 is 0 Å². The van der Waals surface area contributed by atoms with Crippen LogP contribution in [0.4, 0.5) is 0 Å². The van der Waals surface area contributed by atoms with Crippen molar-refractivity contribution in [1.29, 1.82) is 5.26 Å². The highest BCUT2D eigenvalue weighted by atomic mass is 16.5. The molecule has 0 aliphatic carbocycles. The molecule has 0 aromatic carbocycles. The van der Waals surface area contributed by atoms with Crippen LogP contribution in [0.5, 0.6) is 0 Å². The Hall–Kier alpha value is -1.12. The van der Waals surface area contributed by atoms with Crippen LogP contribution in [0.2, 0.25) is 0 Å².